The van der Waals surface area contributed by atoms with E-state index < -0.39 is 16.1 Å². The van der Waals surface area contributed by atoms with E-state index in [1.807, 2.05) is 44.0 Å². The number of hydrogen-bond donors (Lipinski definition) is 1. The number of hydrogen-bond acceptors (Lipinski definition) is 9. The standard InChI is InChI=1S/C37H47N7O4S/c1-24(2)21-43(8)32-20-38-19-28(39-32)22-44-29(15-16-37(5,6)7)23-48-33-18-31(34-25(3)11-9-12-26(34)4)40-36(41-33)42-49(46,47)30-14-10-13-27(17-30)35(44)45/h9-14,17-20,24,29H,15-16,21-23H2,1-8H3,(H,40,41,42)/t29-/m1/s1. The number of nitrogens with zero attached hydrogens (tertiary/aromatic N) is 6. The van der Waals surface area contributed by atoms with Gasteiger partial charge in [0.1, 0.15) is 12.4 Å². The molecule has 1 atom stereocenters. The van der Waals surface area contributed by atoms with Gasteiger partial charge in [0.15, 0.2) is 0 Å². The number of aromatic nitrogens is 4. The summed E-state index contributed by atoms with van der Waals surface area (Å²) in [6, 6.07) is 13.3. The average molecular weight is 686 g/mol. The lowest BCUT2D eigenvalue weighted by Crippen LogP contribution is -2.44. The maximum absolute atomic E-state index is 14.5. The molecule has 1 aliphatic heterocycles. The number of amides is 1. The van der Waals surface area contributed by atoms with Crippen molar-refractivity contribution in [2.45, 2.75) is 78.8 Å². The van der Waals surface area contributed by atoms with Gasteiger partial charge in [-0.05, 0) is 67.3 Å². The van der Waals surface area contributed by atoms with Gasteiger partial charge in [0, 0.05) is 30.8 Å². The Balaban J connectivity index is 1.64. The SMILES string of the molecule is Cc1cccc(C)c1-c1cc2nc(n1)NS(=O)(=O)c1cccc(c1)C(=O)N(Cc1cncc(N(C)CC(C)C)n1)[C@H](CCC(C)(C)C)CO2. The molecule has 12 heteroatoms. The zero-order chi connectivity index (χ0) is 35.5. The number of carbonyl (C=O) groups is 1. The molecule has 2 aromatic heterocycles. The third-order valence-electron chi connectivity index (χ3n) is 8.44. The third kappa shape index (κ3) is 8.91. The van der Waals surface area contributed by atoms with Crippen LogP contribution in [0.5, 0.6) is 5.88 Å². The summed E-state index contributed by atoms with van der Waals surface area (Å²) in [7, 11) is -2.20. The molecule has 11 nitrogen and oxygen atoms in total. The monoisotopic (exact) mass is 685 g/mol. The zero-order valence-corrected chi connectivity index (χ0v) is 30.5. The van der Waals surface area contributed by atoms with E-state index in [4.69, 9.17) is 9.72 Å². The molecule has 0 saturated heterocycles. The van der Waals surface area contributed by atoms with Gasteiger partial charge in [-0.3, -0.25) is 9.78 Å². The highest BCUT2D eigenvalue weighted by Crippen LogP contribution is 2.31. The Morgan fingerprint density at radius 2 is 1.73 bits per heavy atom. The molecule has 3 heterocycles. The number of sulfonamides is 1. The Labute approximate surface area is 290 Å². The molecule has 0 spiro atoms. The highest BCUT2D eigenvalue weighted by atomic mass is 32.2. The highest BCUT2D eigenvalue weighted by Gasteiger charge is 2.30. The summed E-state index contributed by atoms with van der Waals surface area (Å²) in [6.45, 7) is 15.8. The van der Waals surface area contributed by atoms with Crippen LogP contribution >= 0.6 is 0 Å². The van der Waals surface area contributed by atoms with Crippen molar-refractivity contribution in [2.75, 3.05) is 29.8 Å². The van der Waals surface area contributed by atoms with Crippen molar-refractivity contribution in [3.8, 4) is 17.1 Å². The first kappa shape index (κ1) is 35.7. The van der Waals surface area contributed by atoms with E-state index in [1.54, 1.807) is 35.5 Å². The molecular weight excluding hydrogens is 639 g/mol. The van der Waals surface area contributed by atoms with E-state index in [2.05, 4.69) is 54.3 Å². The van der Waals surface area contributed by atoms with Gasteiger partial charge in [-0.1, -0.05) is 58.9 Å². The van der Waals surface area contributed by atoms with Crippen molar-refractivity contribution in [2.24, 2.45) is 11.3 Å². The van der Waals surface area contributed by atoms with Gasteiger partial charge >= 0.3 is 0 Å². The Kier molecular flexibility index (Phi) is 10.6. The van der Waals surface area contributed by atoms with Crippen LogP contribution in [-0.4, -0.2) is 65.4 Å². The van der Waals surface area contributed by atoms with Crippen molar-refractivity contribution in [1.29, 1.82) is 0 Å². The number of rotatable bonds is 8. The number of carbonyl (C=O) groups excluding carboxylic acids is 1. The van der Waals surface area contributed by atoms with Gasteiger partial charge in [-0.25, -0.2) is 23.1 Å². The number of benzene rings is 2. The molecule has 1 N–H and O–H groups in total. The minimum Gasteiger partial charge on any atom is -0.475 e. The molecule has 0 aliphatic carbocycles. The molecule has 4 bridgehead atoms. The second-order valence-electron chi connectivity index (χ2n) is 14.5. The van der Waals surface area contributed by atoms with Gasteiger partial charge < -0.3 is 14.5 Å². The van der Waals surface area contributed by atoms with Crippen molar-refractivity contribution in [3.63, 3.8) is 0 Å². The van der Waals surface area contributed by atoms with Crippen LogP contribution in [0.3, 0.4) is 0 Å². The number of fused-ring (bicyclic) bond motifs is 4. The normalized spacial score (nSPS) is 16.2. The van der Waals surface area contributed by atoms with Gasteiger partial charge in [0.25, 0.3) is 15.9 Å². The molecule has 1 amide bonds. The number of nitrogens with one attached hydrogen (secondary N) is 1. The number of aryl methyl sites for hydroxylation is 2. The number of ether oxygens (including phenoxy) is 1. The van der Waals surface area contributed by atoms with Gasteiger partial charge in [0.05, 0.1) is 41.3 Å². The van der Waals surface area contributed by atoms with Crippen molar-refractivity contribution in [3.05, 3.63) is 83.3 Å². The predicted octanol–water partition coefficient (Wildman–Crippen LogP) is 6.67. The first-order valence-electron chi connectivity index (χ1n) is 16.6. The summed E-state index contributed by atoms with van der Waals surface area (Å²) >= 11 is 0. The van der Waals surface area contributed by atoms with Crippen LogP contribution in [0.25, 0.3) is 11.3 Å². The van der Waals surface area contributed by atoms with Crippen LogP contribution in [-0.2, 0) is 16.6 Å². The second-order valence-corrected chi connectivity index (χ2v) is 16.1. The lowest BCUT2D eigenvalue weighted by atomic mass is 9.88. The van der Waals surface area contributed by atoms with Crippen LogP contribution < -0.4 is 14.4 Å². The fourth-order valence-corrected chi connectivity index (χ4v) is 6.97. The second kappa shape index (κ2) is 14.5. The van der Waals surface area contributed by atoms with E-state index in [-0.39, 0.29) is 46.8 Å². The largest absolute Gasteiger partial charge is 0.475 e. The smallest absolute Gasteiger partial charge is 0.264 e. The molecular formula is C37H47N7O4S. The fourth-order valence-electron chi connectivity index (χ4n) is 5.98. The third-order valence-corrected chi connectivity index (χ3v) is 9.77. The molecule has 49 heavy (non-hydrogen) atoms. The maximum atomic E-state index is 14.5. The Hall–Kier alpha value is -4.58. The highest BCUT2D eigenvalue weighted by molar-refractivity contribution is 7.92. The molecule has 5 rings (SSSR count). The van der Waals surface area contributed by atoms with Crippen LogP contribution in [0.15, 0.2) is 65.8 Å². The topological polar surface area (TPSA) is 131 Å². The van der Waals surface area contributed by atoms with E-state index in [0.29, 0.717) is 29.5 Å². The molecule has 0 radical (unpaired) electrons. The minimum atomic E-state index is -4.18. The van der Waals surface area contributed by atoms with E-state index in [9.17, 15) is 13.2 Å². The minimum absolute atomic E-state index is 0.0231. The fraction of sp³-hybridized carbons (Fsp3) is 0.432. The Morgan fingerprint density at radius 1 is 1.02 bits per heavy atom. The van der Waals surface area contributed by atoms with E-state index in [1.165, 1.54) is 12.1 Å². The summed E-state index contributed by atoms with van der Waals surface area (Å²) in [6.07, 6.45) is 4.80. The Morgan fingerprint density at radius 3 is 2.43 bits per heavy atom. The number of anilines is 2. The lowest BCUT2D eigenvalue weighted by Gasteiger charge is -2.33. The summed E-state index contributed by atoms with van der Waals surface area (Å²) in [5.41, 5.74) is 4.16. The van der Waals surface area contributed by atoms with E-state index >= 15 is 0 Å². The summed E-state index contributed by atoms with van der Waals surface area (Å²) in [4.78, 5) is 36.6. The van der Waals surface area contributed by atoms with Crippen LogP contribution in [0.4, 0.5) is 11.8 Å². The van der Waals surface area contributed by atoms with Gasteiger partial charge in [0.2, 0.25) is 11.8 Å². The van der Waals surface area contributed by atoms with Crippen molar-refractivity contribution >= 4 is 27.7 Å². The first-order valence-corrected chi connectivity index (χ1v) is 18.1. The van der Waals surface area contributed by atoms with Crippen LogP contribution in [0, 0.1) is 25.2 Å². The van der Waals surface area contributed by atoms with Gasteiger partial charge in [-0.2, -0.15) is 4.98 Å². The van der Waals surface area contributed by atoms with E-state index in [0.717, 1.165) is 29.7 Å². The predicted molar refractivity (Wildman–Crippen MR) is 192 cm³/mol. The quantitative estimate of drug-likeness (QED) is 0.216. The molecule has 0 fully saturated rings. The summed E-state index contributed by atoms with van der Waals surface area (Å²) in [5.74, 6) is 0.869. The lowest BCUT2D eigenvalue weighted by molar-refractivity contribution is 0.0549. The molecule has 0 saturated carbocycles. The zero-order valence-electron chi connectivity index (χ0n) is 29.7. The molecule has 4 aromatic rings. The average Bonchev–Trinajstić information content (AvgIpc) is 3.02. The molecule has 0 unspecified atom stereocenters. The van der Waals surface area contributed by atoms with Crippen molar-refractivity contribution < 1.29 is 17.9 Å². The molecule has 1 aliphatic rings. The van der Waals surface area contributed by atoms with Crippen LogP contribution in [0.2, 0.25) is 0 Å². The maximum Gasteiger partial charge on any atom is 0.264 e. The van der Waals surface area contributed by atoms with Crippen LogP contribution in [0.1, 0.15) is 74.6 Å². The summed E-state index contributed by atoms with van der Waals surface area (Å²) < 4.78 is 36.4. The Bertz CT molecular complexity index is 1900. The van der Waals surface area contributed by atoms with Gasteiger partial charge in [-0.15, -0.1) is 0 Å². The summed E-state index contributed by atoms with van der Waals surface area (Å²) in [5, 5.41) is 0. The molecule has 2 aromatic carbocycles. The van der Waals surface area contributed by atoms with Crippen molar-refractivity contribution in [1.82, 2.24) is 24.8 Å². The first-order chi connectivity index (χ1) is 23.1. The molecule has 260 valence electrons.